The molecule has 0 radical (unpaired) electrons. The zero-order chi connectivity index (χ0) is 19.4. The lowest BCUT2D eigenvalue weighted by molar-refractivity contribution is 0.591. The molecule has 1 aliphatic heterocycles. The van der Waals surface area contributed by atoms with Crippen LogP contribution in [0.4, 0.5) is 5.69 Å². The Bertz CT molecular complexity index is 917. The van der Waals surface area contributed by atoms with E-state index in [0.717, 1.165) is 28.4 Å². The van der Waals surface area contributed by atoms with Crippen LogP contribution in [-0.2, 0) is 23.0 Å². The third-order valence-electron chi connectivity index (χ3n) is 4.54. The summed E-state index contributed by atoms with van der Waals surface area (Å²) < 4.78 is 26.9. The van der Waals surface area contributed by atoms with Crippen molar-refractivity contribution in [2.24, 2.45) is 4.99 Å². The molecule has 0 fully saturated rings. The minimum atomic E-state index is -3.37. The highest BCUT2D eigenvalue weighted by atomic mass is 32.2. The van der Waals surface area contributed by atoms with Gasteiger partial charge in [0.1, 0.15) is 5.01 Å². The van der Waals surface area contributed by atoms with E-state index in [0.29, 0.717) is 19.0 Å². The number of para-hydroxylation sites is 1. The topological polar surface area (TPSA) is 86.7 Å². The van der Waals surface area contributed by atoms with Crippen molar-refractivity contribution in [3.63, 3.8) is 0 Å². The van der Waals surface area contributed by atoms with Crippen LogP contribution >= 0.6 is 11.3 Å². The number of aromatic nitrogens is 1. The van der Waals surface area contributed by atoms with Crippen LogP contribution < -0.4 is 14.9 Å². The standard InChI is InChI=1S/C18H25N5O2S2/c1-13-14(2)26-17(22-13)12-21-18(19-3)20-9-11-27(24,25)23-10-8-15-6-4-5-7-16(15)23/h4-7H,8-12H2,1-3H3,(H2,19,20,21). The first-order valence-electron chi connectivity index (χ1n) is 8.86. The van der Waals surface area contributed by atoms with Gasteiger partial charge in [0.05, 0.1) is 23.7 Å². The molecule has 2 heterocycles. The number of rotatable bonds is 6. The first-order valence-corrected chi connectivity index (χ1v) is 11.3. The molecule has 0 aliphatic carbocycles. The molecule has 1 aromatic carbocycles. The van der Waals surface area contributed by atoms with Crippen LogP contribution in [-0.4, -0.2) is 45.3 Å². The van der Waals surface area contributed by atoms with Gasteiger partial charge in [-0.3, -0.25) is 9.30 Å². The van der Waals surface area contributed by atoms with Crippen molar-refractivity contribution >= 4 is 33.0 Å². The third-order valence-corrected chi connectivity index (χ3v) is 7.38. The molecule has 1 aromatic heterocycles. The van der Waals surface area contributed by atoms with E-state index in [4.69, 9.17) is 0 Å². The Hall–Kier alpha value is -2.13. The zero-order valence-electron chi connectivity index (χ0n) is 15.8. The average Bonchev–Trinajstić information content (AvgIpc) is 3.21. The lowest BCUT2D eigenvalue weighted by Gasteiger charge is -2.20. The molecule has 2 N–H and O–H groups in total. The second kappa shape index (κ2) is 8.26. The van der Waals surface area contributed by atoms with Crippen molar-refractivity contribution in [1.82, 2.24) is 15.6 Å². The lowest BCUT2D eigenvalue weighted by atomic mass is 10.2. The summed E-state index contributed by atoms with van der Waals surface area (Å²) in [5, 5.41) is 7.23. The Morgan fingerprint density at radius 3 is 2.78 bits per heavy atom. The van der Waals surface area contributed by atoms with Gasteiger partial charge in [-0.1, -0.05) is 18.2 Å². The third kappa shape index (κ3) is 4.59. The molecule has 2 aromatic rings. The first-order chi connectivity index (χ1) is 12.9. The summed E-state index contributed by atoms with van der Waals surface area (Å²) in [6.07, 6.45) is 0.763. The number of thiazole rings is 1. The molecule has 0 spiro atoms. The minimum absolute atomic E-state index is 0.0114. The molecule has 27 heavy (non-hydrogen) atoms. The molecule has 1 aliphatic rings. The smallest absolute Gasteiger partial charge is 0.236 e. The fourth-order valence-electron chi connectivity index (χ4n) is 3.00. The van der Waals surface area contributed by atoms with E-state index >= 15 is 0 Å². The van der Waals surface area contributed by atoms with Gasteiger partial charge in [0.15, 0.2) is 5.96 Å². The normalized spacial score (nSPS) is 14.3. The number of sulfonamides is 1. The predicted octanol–water partition coefficient (Wildman–Crippen LogP) is 1.82. The van der Waals surface area contributed by atoms with Crippen LogP contribution in [0.1, 0.15) is 21.1 Å². The molecule has 3 rings (SSSR count). The Morgan fingerprint density at radius 2 is 2.07 bits per heavy atom. The van der Waals surface area contributed by atoms with Crippen molar-refractivity contribution in [3.8, 4) is 0 Å². The number of aliphatic imine (C=N–C) groups is 1. The Morgan fingerprint density at radius 1 is 1.30 bits per heavy atom. The van der Waals surface area contributed by atoms with Crippen LogP contribution in [0.25, 0.3) is 0 Å². The second-order valence-corrected chi connectivity index (χ2v) is 9.67. The maximum Gasteiger partial charge on any atom is 0.236 e. The van der Waals surface area contributed by atoms with Crippen molar-refractivity contribution in [1.29, 1.82) is 0 Å². The van der Waals surface area contributed by atoms with E-state index in [-0.39, 0.29) is 12.3 Å². The number of fused-ring (bicyclic) bond motifs is 1. The molecule has 0 unspecified atom stereocenters. The van der Waals surface area contributed by atoms with E-state index in [2.05, 4.69) is 20.6 Å². The quantitative estimate of drug-likeness (QED) is 0.563. The van der Waals surface area contributed by atoms with Crippen LogP contribution in [0, 0.1) is 13.8 Å². The van der Waals surface area contributed by atoms with Gasteiger partial charge in [0.25, 0.3) is 0 Å². The maximum atomic E-state index is 12.7. The predicted molar refractivity (Wildman–Crippen MR) is 111 cm³/mol. The minimum Gasteiger partial charge on any atom is -0.355 e. The van der Waals surface area contributed by atoms with E-state index in [1.807, 2.05) is 38.1 Å². The van der Waals surface area contributed by atoms with Crippen LogP contribution in [0.2, 0.25) is 0 Å². The van der Waals surface area contributed by atoms with Gasteiger partial charge in [0.2, 0.25) is 10.0 Å². The Kier molecular flexibility index (Phi) is 6.01. The highest BCUT2D eigenvalue weighted by molar-refractivity contribution is 7.92. The average molecular weight is 408 g/mol. The van der Waals surface area contributed by atoms with Crippen LogP contribution in [0.5, 0.6) is 0 Å². The van der Waals surface area contributed by atoms with Gasteiger partial charge in [-0.15, -0.1) is 11.3 Å². The van der Waals surface area contributed by atoms with Gasteiger partial charge < -0.3 is 10.6 Å². The number of aryl methyl sites for hydroxylation is 2. The maximum absolute atomic E-state index is 12.7. The first kappa shape index (κ1) is 19.6. The van der Waals surface area contributed by atoms with Crippen molar-refractivity contribution < 1.29 is 8.42 Å². The molecule has 0 atom stereocenters. The number of anilines is 1. The van der Waals surface area contributed by atoms with Crippen molar-refractivity contribution in [3.05, 3.63) is 45.4 Å². The molecule has 146 valence electrons. The van der Waals surface area contributed by atoms with Gasteiger partial charge in [-0.05, 0) is 31.9 Å². The molecule has 0 amide bonds. The molecule has 0 bridgehead atoms. The highest BCUT2D eigenvalue weighted by Gasteiger charge is 2.28. The molecule has 0 saturated carbocycles. The lowest BCUT2D eigenvalue weighted by Crippen LogP contribution is -2.41. The second-order valence-electron chi connectivity index (χ2n) is 6.37. The summed E-state index contributed by atoms with van der Waals surface area (Å²) >= 11 is 1.65. The fraction of sp³-hybridized carbons (Fsp3) is 0.444. The van der Waals surface area contributed by atoms with Gasteiger partial charge in [0, 0.05) is 25.0 Å². The van der Waals surface area contributed by atoms with E-state index in [1.54, 1.807) is 18.4 Å². The SMILES string of the molecule is CN=C(NCCS(=O)(=O)N1CCc2ccccc21)NCc1nc(C)c(C)s1. The Balaban J connectivity index is 1.52. The summed E-state index contributed by atoms with van der Waals surface area (Å²) in [5.41, 5.74) is 2.92. The number of nitrogens with zero attached hydrogens (tertiary/aromatic N) is 3. The molecule has 7 nitrogen and oxygen atoms in total. The largest absolute Gasteiger partial charge is 0.355 e. The van der Waals surface area contributed by atoms with Crippen molar-refractivity contribution in [2.75, 3.05) is 30.2 Å². The van der Waals surface area contributed by atoms with Crippen LogP contribution in [0.15, 0.2) is 29.3 Å². The van der Waals surface area contributed by atoms with E-state index in [1.165, 1.54) is 9.18 Å². The summed E-state index contributed by atoms with van der Waals surface area (Å²) in [6.45, 7) is 5.40. The summed E-state index contributed by atoms with van der Waals surface area (Å²) in [4.78, 5) is 9.83. The van der Waals surface area contributed by atoms with Crippen LogP contribution in [0.3, 0.4) is 0 Å². The molecular formula is C18H25N5O2S2. The molecular weight excluding hydrogens is 382 g/mol. The van der Waals surface area contributed by atoms with Gasteiger partial charge in [-0.25, -0.2) is 13.4 Å². The number of hydrogen-bond acceptors (Lipinski definition) is 5. The Labute approximate surface area is 164 Å². The van der Waals surface area contributed by atoms with E-state index in [9.17, 15) is 8.42 Å². The monoisotopic (exact) mass is 407 g/mol. The fourth-order valence-corrected chi connectivity index (χ4v) is 5.30. The van der Waals surface area contributed by atoms with Crippen molar-refractivity contribution in [2.45, 2.75) is 26.8 Å². The number of benzene rings is 1. The van der Waals surface area contributed by atoms with Gasteiger partial charge in [-0.2, -0.15) is 0 Å². The highest BCUT2D eigenvalue weighted by Crippen LogP contribution is 2.29. The summed E-state index contributed by atoms with van der Waals surface area (Å²) in [7, 11) is -1.70. The number of hydrogen-bond donors (Lipinski definition) is 2. The molecule has 0 saturated heterocycles. The summed E-state index contributed by atoms with van der Waals surface area (Å²) in [5.74, 6) is 0.579. The molecule has 9 heteroatoms. The number of guanidine groups is 1. The van der Waals surface area contributed by atoms with Gasteiger partial charge >= 0.3 is 0 Å². The zero-order valence-corrected chi connectivity index (χ0v) is 17.5. The summed E-state index contributed by atoms with van der Waals surface area (Å²) in [6, 6.07) is 7.67. The number of nitrogens with one attached hydrogen (secondary N) is 2. The van der Waals surface area contributed by atoms with E-state index < -0.39 is 10.0 Å².